The van der Waals surface area contributed by atoms with Crippen molar-refractivity contribution >= 4 is 23.4 Å². The van der Waals surface area contributed by atoms with Crippen molar-refractivity contribution in [3.8, 4) is 0 Å². The van der Waals surface area contributed by atoms with Gasteiger partial charge >= 0.3 is 6.09 Å². The van der Waals surface area contributed by atoms with E-state index in [0.29, 0.717) is 17.9 Å². The second-order valence-corrected chi connectivity index (χ2v) is 6.44. The lowest BCUT2D eigenvalue weighted by atomic mass is 10.1. The van der Waals surface area contributed by atoms with Crippen LogP contribution in [-0.4, -0.2) is 43.1 Å². The van der Waals surface area contributed by atoms with Gasteiger partial charge in [-0.05, 0) is 59.5 Å². The van der Waals surface area contributed by atoms with Crippen LogP contribution in [0.5, 0.6) is 0 Å². The standard InChI is InChI=1S/C16H25N3O3/c1-11-7-8-12(17-15(21)22-16(2,3)4)9-13(11)18-14(20)10-19(5)6/h7-9H,10H2,1-6H3,(H,17,21)(H,18,20). The molecule has 0 aliphatic carbocycles. The molecule has 0 radical (unpaired) electrons. The van der Waals surface area contributed by atoms with Crippen LogP contribution >= 0.6 is 0 Å². The van der Waals surface area contributed by atoms with Gasteiger partial charge in [0.2, 0.25) is 5.91 Å². The first kappa shape index (κ1) is 18.0. The molecule has 0 aliphatic heterocycles. The summed E-state index contributed by atoms with van der Waals surface area (Å²) in [4.78, 5) is 25.4. The van der Waals surface area contributed by atoms with Crippen LogP contribution in [0.4, 0.5) is 16.2 Å². The number of hydrogen-bond donors (Lipinski definition) is 2. The van der Waals surface area contributed by atoms with E-state index in [0.717, 1.165) is 5.56 Å². The highest BCUT2D eigenvalue weighted by molar-refractivity contribution is 5.94. The van der Waals surface area contributed by atoms with Gasteiger partial charge in [-0.3, -0.25) is 10.1 Å². The number of rotatable bonds is 4. The normalized spacial score (nSPS) is 11.2. The van der Waals surface area contributed by atoms with Crippen LogP contribution in [0.1, 0.15) is 26.3 Å². The van der Waals surface area contributed by atoms with Crippen LogP contribution in [0.3, 0.4) is 0 Å². The van der Waals surface area contributed by atoms with Gasteiger partial charge in [0.1, 0.15) is 5.60 Å². The fourth-order valence-electron chi connectivity index (χ4n) is 1.73. The molecular weight excluding hydrogens is 282 g/mol. The molecule has 0 unspecified atom stereocenters. The molecule has 0 bridgehead atoms. The Balaban J connectivity index is 2.77. The minimum Gasteiger partial charge on any atom is -0.444 e. The summed E-state index contributed by atoms with van der Waals surface area (Å²) < 4.78 is 5.20. The summed E-state index contributed by atoms with van der Waals surface area (Å²) in [6, 6.07) is 5.31. The highest BCUT2D eigenvalue weighted by atomic mass is 16.6. The maximum absolute atomic E-state index is 11.8. The lowest BCUT2D eigenvalue weighted by Gasteiger charge is -2.20. The molecule has 2 N–H and O–H groups in total. The monoisotopic (exact) mass is 307 g/mol. The van der Waals surface area contributed by atoms with Crippen molar-refractivity contribution in [2.75, 3.05) is 31.3 Å². The van der Waals surface area contributed by atoms with Crippen molar-refractivity contribution in [3.63, 3.8) is 0 Å². The zero-order chi connectivity index (χ0) is 16.9. The second kappa shape index (κ2) is 7.26. The Morgan fingerprint density at radius 1 is 1.18 bits per heavy atom. The predicted octanol–water partition coefficient (Wildman–Crippen LogP) is 2.84. The van der Waals surface area contributed by atoms with E-state index in [1.54, 1.807) is 37.8 Å². The third-order valence-corrected chi connectivity index (χ3v) is 2.62. The largest absolute Gasteiger partial charge is 0.444 e. The molecule has 2 amide bonds. The van der Waals surface area contributed by atoms with E-state index >= 15 is 0 Å². The van der Waals surface area contributed by atoms with Crippen molar-refractivity contribution in [2.45, 2.75) is 33.3 Å². The average molecular weight is 307 g/mol. The Kier molecular flexibility index (Phi) is 5.93. The number of likely N-dealkylation sites (N-methyl/N-ethyl adjacent to an activating group) is 1. The van der Waals surface area contributed by atoms with Crippen molar-refractivity contribution in [2.24, 2.45) is 0 Å². The SMILES string of the molecule is Cc1ccc(NC(=O)OC(C)(C)C)cc1NC(=O)CN(C)C. The average Bonchev–Trinajstić information content (AvgIpc) is 2.29. The number of carbonyl (C=O) groups is 2. The molecule has 0 saturated carbocycles. The van der Waals surface area contributed by atoms with E-state index in [2.05, 4.69) is 10.6 Å². The zero-order valence-electron chi connectivity index (χ0n) is 14.1. The summed E-state index contributed by atoms with van der Waals surface area (Å²) in [5.41, 5.74) is 1.60. The van der Waals surface area contributed by atoms with Gasteiger partial charge in [-0.1, -0.05) is 6.07 Å². The van der Waals surface area contributed by atoms with E-state index in [9.17, 15) is 9.59 Å². The summed E-state index contributed by atoms with van der Waals surface area (Å²) in [6.45, 7) is 7.59. The van der Waals surface area contributed by atoms with Crippen LogP contribution in [0.25, 0.3) is 0 Å². The summed E-state index contributed by atoms with van der Waals surface area (Å²) in [6.07, 6.45) is -0.526. The van der Waals surface area contributed by atoms with Crippen molar-refractivity contribution in [3.05, 3.63) is 23.8 Å². The van der Waals surface area contributed by atoms with Crippen LogP contribution in [-0.2, 0) is 9.53 Å². The maximum Gasteiger partial charge on any atom is 0.412 e. The third-order valence-electron chi connectivity index (χ3n) is 2.62. The zero-order valence-corrected chi connectivity index (χ0v) is 14.1. The Bertz CT molecular complexity index is 548. The number of aryl methyl sites for hydroxylation is 1. The molecule has 0 saturated heterocycles. The number of ether oxygens (including phenoxy) is 1. The molecule has 0 aromatic heterocycles. The number of benzene rings is 1. The smallest absolute Gasteiger partial charge is 0.412 e. The van der Waals surface area contributed by atoms with Gasteiger partial charge in [-0.2, -0.15) is 0 Å². The highest BCUT2D eigenvalue weighted by Crippen LogP contribution is 2.21. The van der Waals surface area contributed by atoms with Crippen LogP contribution in [0.2, 0.25) is 0 Å². The van der Waals surface area contributed by atoms with E-state index in [1.807, 2.05) is 27.1 Å². The number of anilines is 2. The van der Waals surface area contributed by atoms with Gasteiger partial charge in [0.05, 0.1) is 6.54 Å². The highest BCUT2D eigenvalue weighted by Gasteiger charge is 2.16. The van der Waals surface area contributed by atoms with Gasteiger partial charge in [0.15, 0.2) is 0 Å². The summed E-state index contributed by atoms with van der Waals surface area (Å²) in [5, 5.41) is 5.49. The van der Waals surface area contributed by atoms with Crippen LogP contribution in [0.15, 0.2) is 18.2 Å². The molecule has 6 nitrogen and oxygen atoms in total. The maximum atomic E-state index is 11.8. The minimum atomic E-state index is -0.558. The number of nitrogens with one attached hydrogen (secondary N) is 2. The van der Waals surface area contributed by atoms with Gasteiger partial charge in [-0.15, -0.1) is 0 Å². The Labute approximate surface area is 131 Å². The molecule has 0 atom stereocenters. The first-order valence-electron chi connectivity index (χ1n) is 7.12. The van der Waals surface area contributed by atoms with E-state index in [1.165, 1.54) is 0 Å². The number of carbonyl (C=O) groups excluding carboxylic acids is 2. The molecular formula is C16H25N3O3. The van der Waals surface area contributed by atoms with E-state index < -0.39 is 11.7 Å². The summed E-state index contributed by atoms with van der Waals surface area (Å²) in [5.74, 6) is -0.109. The molecule has 0 fully saturated rings. The van der Waals surface area contributed by atoms with Crippen LogP contribution < -0.4 is 10.6 Å². The summed E-state index contributed by atoms with van der Waals surface area (Å²) >= 11 is 0. The molecule has 1 rings (SSSR count). The molecule has 6 heteroatoms. The second-order valence-electron chi connectivity index (χ2n) is 6.44. The third kappa shape index (κ3) is 6.58. The molecule has 1 aromatic rings. The molecule has 0 spiro atoms. The molecule has 0 heterocycles. The fraction of sp³-hybridized carbons (Fsp3) is 0.500. The first-order chi connectivity index (χ1) is 10.1. The Morgan fingerprint density at radius 2 is 1.82 bits per heavy atom. The molecule has 1 aromatic carbocycles. The molecule has 122 valence electrons. The number of amides is 2. The van der Waals surface area contributed by atoms with Gasteiger partial charge in [-0.25, -0.2) is 4.79 Å². The predicted molar refractivity (Wildman–Crippen MR) is 88.2 cm³/mol. The minimum absolute atomic E-state index is 0.109. The Hall–Kier alpha value is -2.08. The van der Waals surface area contributed by atoms with Crippen molar-refractivity contribution < 1.29 is 14.3 Å². The fourth-order valence-corrected chi connectivity index (χ4v) is 1.73. The quantitative estimate of drug-likeness (QED) is 0.897. The van der Waals surface area contributed by atoms with Gasteiger partial charge in [0.25, 0.3) is 0 Å². The van der Waals surface area contributed by atoms with Crippen molar-refractivity contribution in [1.29, 1.82) is 0 Å². The topological polar surface area (TPSA) is 70.7 Å². The molecule has 0 aliphatic rings. The van der Waals surface area contributed by atoms with Crippen LogP contribution in [0, 0.1) is 6.92 Å². The molecule has 22 heavy (non-hydrogen) atoms. The lowest BCUT2D eigenvalue weighted by molar-refractivity contribution is -0.116. The van der Waals surface area contributed by atoms with Gasteiger partial charge < -0.3 is 15.0 Å². The van der Waals surface area contributed by atoms with Gasteiger partial charge in [0, 0.05) is 11.4 Å². The summed E-state index contributed by atoms with van der Waals surface area (Å²) in [7, 11) is 3.65. The number of nitrogens with zero attached hydrogens (tertiary/aromatic N) is 1. The van der Waals surface area contributed by atoms with E-state index in [4.69, 9.17) is 4.74 Å². The first-order valence-corrected chi connectivity index (χ1v) is 7.12. The van der Waals surface area contributed by atoms with E-state index in [-0.39, 0.29) is 5.91 Å². The van der Waals surface area contributed by atoms with Crippen molar-refractivity contribution in [1.82, 2.24) is 4.90 Å². The Morgan fingerprint density at radius 3 is 2.36 bits per heavy atom. The lowest BCUT2D eigenvalue weighted by Crippen LogP contribution is -2.28. The number of hydrogen-bond acceptors (Lipinski definition) is 4.